The average Bonchev–Trinajstić information content (AvgIpc) is 2.85. The van der Waals surface area contributed by atoms with Gasteiger partial charge < -0.3 is 5.11 Å². The molecule has 1 heterocycles. The first kappa shape index (κ1) is 15.4. The molecule has 22 heavy (non-hydrogen) atoms. The van der Waals surface area contributed by atoms with Crippen molar-refractivity contribution in [2.45, 2.75) is 0 Å². The molecule has 112 valence electrons. The summed E-state index contributed by atoms with van der Waals surface area (Å²) in [5, 5.41) is 15.2. The van der Waals surface area contributed by atoms with Crippen LogP contribution in [0.1, 0.15) is 0 Å². The summed E-state index contributed by atoms with van der Waals surface area (Å²) in [7, 11) is 1.85. The molecule has 3 nitrogen and oxygen atoms in total. The number of hydrogen-bond acceptors (Lipinski definition) is 2. The predicted octanol–water partition coefficient (Wildman–Crippen LogP) is 5.53. The number of rotatable bonds is 2. The highest BCUT2D eigenvalue weighted by Gasteiger charge is 2.15. The molecule has 0 aliphatic carbocycles. The van der Waals surface area contributed by atoms with Crippen molar-refractivity contribution in [1.82, 2.24) is 9.78 Å². The summed E-state index contributed by atoms with van der Waals surface area (Å²) < 4.78 is 2.77. The van der Waals surface area contributed by atoms with Gasteiger partial charge in [-0.15, -0.1) is 0 Å². The number of aryl methyl sites for hydroxylation is 1. The lowest BCUT2D eigenvalue weighted by Crippen LogP contribution is -1.93. The summed E-state index contributed by atoms with van der Waals surface area (Å²) in [6.45, 7) is 0. The molecule has 6 heteroatoms. The Balaban J connectivity index is 2.12. The van der Waals surface area contributed by atoms with Crippen LogP contribution in [0, 0.1) is 0 Å². The van der Waals surface area contributed by atoms with Gasteiger partial charge in [0.1, 0.15) is 5.75 Å². The molecule has 0 fully saturated rings. The molecule has 1 aromatic heterocycles. The quantitative estimate of drug-likeness (QED) is 0.617. The van der Waals surface area contributed by atoms with Gasteiger partial charge in [0.15, 0.2) is 0 Å². The molecular formula is C16H11BrCl2N2O. The molecule has 0 spiro atoms. The number of nitrogens with zero attached hydrogens (tertiary/aromatic N) is 2. The molecule has 1 N–H and O–H groups in total. The van der Waals surface area contributed by atoms with Gasteiger partial charge in [0.25, 0.3) is 0 Å². The van der Waals surface area contributed by atoms with E-state index in [1.54, 1.807) is 10.7 Å². The van der Waals surface area contributed by atoms with Crippen LogP contribution in [-0.2, 0) is 7.05 Å². The summed E-state index contributed by atoms with van der Waals surface area (Å²) in [5.74, 6) is -0.0217. The van der Waals surface area contributed by atoms with Crippen LogP contribution in [0.25, 0.3) is 22.5 Å². The van der Waals surface area contributed by atoms with Gasteiger partial charge in [0, 0.05) is 22.1 Å². The Kier molecular flexibility index (Phi) is 4.17. The molecule has 0 unspecified atom stereocenters. The van der Waals surface area contributed by atoms with Gasteiger partial charge in [-0.2, -0.15) is 5.10 Å². The second-order valence-corrected chi connectivity index (χ2v) is 6.59. The van der Waals surface area contributed by atoms with Gasteiger partial charge in [-0.1, -0.05) is 51.3 Å². The van der Waals surface area contributed by atoms with E-state index in [2.05, 4.69) is 21.0 Å². The first-order chi connectivity index (χ1) is 10.5. The molecule has 0 aliphatic rings. The Morgan fingerprint density at radius 2 is 1.77 bits per heavy atom. The van der Waals surface area contributed by atoms with Gasteiger partial charge in [-0.3, -0.25) is 4.68 Å². The normalized spacial score (nSPS) is 10.9. The zero-order valence-electron chi connectivity index (χ0n) is 11.5. The van der Waals surface area contributed by atoms with Crippen molar-refractivity contribution < 1.29 is 5.11 Å². The van der Waals surface area contributed by atoms with E-state index in [4.69, 9.17) is 23.2 Å². The van der Waals surface area contributed by atoms with E-state index in [-0.39, 0.29) is 10.8 Å². The van der Waals surface area contributed by atoms with Gasteiger partial charge in [-0.05, 0) is 35.9 Å². The van der Waals surface area contributed by atoms with Crippen molar-refractivity contribution >= 4 is 39.1 Å². The molecule has 0 saturated carbocycles. The van der Waals surface area contributed by atoms with Crippen molar-refractivity contribution in [2.75, 3.05) is 0 Å². The van der Waals surface area contributed by atoms with Crippen LogP contribution >= 0.6 is 39.1 Å². The van der Waals surface area contributed by atoms with Crippen LogP contribution in [0.3, 0.4) is 0 Å². The van der Waals surface area contributed by atoms with Gasteiger partial charge >= 0.3 is 0 Å². The van der Waals surface area contributed by atoms with Gasteiger partial charge in [-0.25, -0.2) is 0 Å². The Labute approximate surface area is 146 Å². The Morgan fingerprint density at radius 1 is 1.09 bits per heavy atom. The van der Waals surface area contributed by atoms with E-state index in [0.29, 0.717) is 16.3 Å². The number of benzene rings is 2. The van der Waals surface area contributed by atoms with Crippen molar-refractivity contribution in [1.29, 1.82) is 0 Å². The SMILES string of the molecule is Cn1nc(-c2cc(Cl)cc(Cl)c2O)cc1-c1ccc(Br)cc1. The van der Waals surface area contributed by atoms with E-state index >= 15 is 0 Å². The van der Waals surface area contributed by atoms with Crippen LogP contribution in [0.2, 0.25) is 10.0 Å². The first-order valence-electron chi connectivity index (χ1n) is 6.44. The summed E-state index contributed by atoms with van der Waals surface area (Å²) in [6.07, 6.45) is 0. The standard InChI is InChI=1S/C16H11BrCl2N2O/c1-21-15(9-2-4-10(17)5-3-9)8-14(20-21)12-6-11(18)7-13(19)16(12)22/h2-8,22H,1H3. The lowest BCUT2D eigenvalue weighted by atomic mass is 10.1. The maximum Gasteiger partial charge on any atom is 0.143 e. The fourth-order valence-corrected chi connectivity index (χ4v) is 3.01. The van der Waals surface area contributed by atoms with Crippen molar-refractivity contribution in [3.05, 3.63) is 57.0 Å². The molecule has 0 aliphatic heterocycles. The highest BCUT2D eigenvalue weighted by molar-refractivity contribution is 9.10. The second kappa shape index (κ2) is 5.95. The first-order valence-corrected chi connectivity index (χ1v) is 7.99. The zero-order chi connectivity index (χ0) is 15.9. The Bertz CT molecular complexity index is 844. The Morgan fingerprint density at radius 3 is 2.45 bits per heavy atom. The van der Waals surface area contributed by atoms with Gasteiger partial charge in [0.2, 0.25) is 0 Å². The molecule has 0 atom stereocenters. The van der Waals surface area contributed by atoms with Crippen molar-refractivity contribution in [3.8, 4) is 28.3 Å². The molecule has 3 aromatic rings. The number of hydrogen-bond donors (Lipinski definition) is 1. The van der Waals surface area contributed by atoms with Crippen LogP contribution in [0.15, 0.2) is 46.9 Å². The number of phenolic OH excluding ortho intramolecular Hbond substituents is 1. The third-order valence-electron chi connectivity index (χ3n) is 3.32. The molecule has 0 radical (unpaired) electrons. The highest BCUT2D eigenvalue weighted by atomic mass is 79.9. The lowest BCUT2D eigenvalue weighted by Gasteiger charge is -2.04. The monoisotopic (exact) mass is 396 g/mol. The molecule has 0 bridgehead atoms. The topological polar surface area (TPSA) is 38.0 Å². The molecule has 0 amide bonds. The third-order valence-corrected chi connectivity index (χ3v) is 4.36. The van der Waals surface area contributed by atoms with E-state index in [1.165, 1.54) is 6.07 Å². The maximum atomic E-state index is 10.1. The molecular weight excluding hydrogens is 387 g/mol. The number of aromatic hydroxyl groups is 1. The molecule has 2 aromatic carbocycles. The summed E-state index contributed by atoms with van der Waals surface area (Å²) in [4.78, 5) is 0. The minimum atomic E-state index is -0.0217. The second-order valence-electron chi connectivity index (χ2n) is 4.83. The van der Waals surface area contributed by atoms with E-state index in [1.807, 2.05) is 37.4 Å². The van der Waals surface area contributed by atoms with Crippen LogP contribution in [0.4, 0.5) is 0 Å². The Hall–Kier alpha value is -1.49. The number of halogens is 3. The van der Waals surface area contributed by atoms with Crippen molar-refractivity contribution in [3.63, 3.8) is 0 Å². The summed E-state index contributed by atoms with van der Waals surface area (Å²) in [5.41, 5.74) is 3.08. The van der Waals surface area contributed by atoms with E-state index < -0.39 is 0 Å². The van der Waals surface area contributed by atoms with E-state index in [0.717, 1.165) is 15.7 Å². The van der Waals surface area contributed by atoms with Gasteiger partial charge in [0.05, 0.1) is 16.4 Å². The summed E-state index contributed by atoms with van der Waals surface area (Å²) in [6, 6.07) is 13.0. The fraction of sp³-hybridized carbons (Fsp3) is 0.0625. The third kappa shape index (κ3) is 2.86. The maximum absolute atomic E-state index is 10.1. The summed E-state index contributed by atoms with van der Waals surface area (Å²) >= 11 is 15.4. The smallest absolute Gasteiger partial charge is 0.143 e. The van der Waals surface area contributed by atoms with Crippen LogP contribution in [0.5, 0.6) is 5.75 Å². The molecule has 3 rings (SSSR count). The minimum absolute atomic E-state index is 0.0217. The lowest BCUT2D eigenvalue weighted by molar-refractivity contribution is 0.477. The van der Waals surface area contributed by atoms with E-state index in [9.17, 15) is 5.11 Å². The largest absolute Gasteiger partial charge is 0.506 e. The highest BCUT2D eigenvalue weighted by Crippen LogP contribution is 2.38. The number of phenols is 1. The zero-order valence-corrected chi connectivity index (χ0v) is 14.6. The number of aromatic nitrogens is 2. The fourth-order valence-electron chi connectivity index (χ4n) is 2.25. The predicted molar refractivity (Wildman–Crippen MR) is 93.5 cm³/mol. The minimum Gasteiger partial charge on any atom is -0.506 e. The average molecular weight is 398 g/mol. The van der Waals surface area contributed by atoms with Crippen molar-refractivity contribution in [2.24, 2.45) is 7.05 Å². The van der Waals surface area contributed by atoms with Crippen LogP contribution in [-0.4, -0.2) is 14.9 Å². The van der Waals surface area contributed by atoms with Crippen LogP contribution < -0.4 is 0 Å². The molecule has 0 saturated heterocycles.